The second kappa shape index (κ2) is 8.16. The number of carboxylic acids is 1. The molecular weight excluding hydrogens is 362 g/mol. The van der Waals surface area contributed by atoms with E-state index in [0.717, 1.165) is 19.5 Å². The van der Waals surface area contributed by atoms with Crippen LogP contribution < -0.4 is 4.90 Å². The molecule has 0 radical (unpaired) electrons. The molecule has 0 aliphatic carbocycles. The summed E-state index contributed by atoms with van der Waals surface area (Å²) < 4.78 is 0. The summed E-state index contributed by atoms with van der Waals surface area (Å²) in [5.41, 5.74) is 0.709. The van der Waals surface area contributed by atoms with Crippen LogP contribution in [0.2, 0.25) is 0 Å². The van der Waals surface area contributed by atoms with Crippen LogP contribution in [0.1, 0.15) is 43.5 Å². The standard InChI is InChI=1S/C20H27N3O5/c1-13-8-14(2)11-22(10-13)17-6-5-15(9-18(17)23(27)28)19(24)21-7-3-4-16(12-21)20(25)26/h5-6,9,13-14,16H,3-4,7-8,10-12H2,1-2H3,(H,25,26)/t13?,14?,16-/m0/s1. The van der Waals surface area contributed by atoms with Crippen LogP contribution in [0.5, 0.6) is 0 Å². The Kier molecular flexibility index (Phi) is 5.86. The van der Waals surface area contributed by atoms with Crippen molar-refractivity contribution in [2.24, 2.45) is 17.8 Å². The van der Waals surface area contributed by atoms with Crippen LogP contribution in [0.3, 0.4) is 0 Å². The van der Waals surface area contributed by atoms with E-state index < -0.39 is 16.8 Å². The number of nitro benzene ring substituents is 1. The topological polar surface area (TPSA) is 104 Å². The summed E-state index contributed by atoms with van der Waals surface area (Å²) >= 11 is 0. The largest absolute Gasteiger partial charge is 0.481 e. The molecule has 3 rings (SSSR count). The highest BCUT2D eigenvalue weighted by Gasteiger charge is 2.31. The lowest BCUT2D eigenvalue weighted by molar-refractivity contribution is -0.384. The monoisotopic (exact) mass is 389 g/mol. The Morgan fingerprint density at radius 2 is 1.86 bits per heavy atom. The number of nitro groups is 1. The molecule has 0 bridgehead atoms. The average Bonchev–Trinajstić information content (AvgIpc) is 2.66. The molecule has 1 N–H and O–H groups in total. The summed E-state index contributed by atoms with van der Waals surface area (Å²) in [5, 5.41) is 20.9. The highest BCUT2D eigenvalue weighted by atomic mass is 16.6. The van der Waals surface area contributed by atoms with Crippen LogP contribution in [0.4, 0.5) is 11.4 Å². The molecule has 1 aromatic carbocycles. The number of carboxylic acid groups (broad SMARTS) is 1. The number of likely N-dealkylation sites (tertiary alicyclic amines) is 1. The van der Waals surface area contributed by atoms with Gasteiger partial charge in [0.25, 0.3) is 11.6 Å². The van der Waals surface area contributed by atoms with Gasteiger partial charge in [-0.2, -0.15) is 0 Å². The number of carbonyl (C=O) groups excluding carboxylic acids is 1. The molecule has 2 fully saturated rings. The van der Waals surface area contributed by atoms with Crippen molar-refractivity contribution in [1.29, 1.82) is 0 Å². The number of rotatable bonds is 4. The lowest BCUT2D eigenvalue weighted by atomic mass is 9.91. The fourth-order valence-electron chi connectivity index (χ4n) is 4.48. The molecule has 8 nitrogen and oxygen atoms in total. The van der Waals surface area contributed by atoms with Gasteiger partial charge in [-0.3, -0.25) is 19.7 Å². The Hall–Kier alpha value is -2.64. The highest BCUT2D eigenvalue weighted by Crippen LogP contribution is 2.34. The molecule has 2 heterocycles. The van der Waals surface area contributed by atoms with Crippen LogP contribution in [0.15, 0.2) is 18.2 Å². The predicted octanol–water partition coefficient (Wildman–Crippen LogP) is 3.01. The molecular formula is C20H27N3O5. The maximum Gasteiger partial charge on any atom is 0.308 e. The summed E-state index contributed by atoms with van der Waals surface area (Å²) in [6.07, 6.45) is 2.26. The third kappa shape index (κ3) is 4.26. The van der Waals surface area contributed by atoms with Crippen LogP contribution >= 0.6 is 0 Å². The zero-order chi connectivity index (χ0) is 20.4. The van der Waals surface area contributed by atoms with Crippen molar-refractivity contribution in [3.05, 3.63) is 33.9 Å². The van der Waals surface area contributed by atoms with Gasteiger partial charge in [0.05, 0.1) is 10.8 Å². The van der Waals surface area contributed by atoms with E-state index in [1.807, 2.05) is 4.90 Å². The first-order chi connectivity index (χ1) is 13.3. The third-order valence-corrected chi connectivity index (χ3v) is 5.69. The van der Waals surface area contributed by atoms with E-state index in [9.17, 15) is 24.8 Å². The van der Waals surface area contributed by atoms with Gasteiger partial charge in [0.1, 0.15) is 5.69 Å². The Labute approximate surface area is 164 Å². The first-order valence-electron chi connectivity index (χ1n) is 9.81. The number of hydrogen-bond donors (Lipinski definition) is 1. The van der Waals surface area contributed by atoms with E-state index in [2.05, 4.69) is 13.8 Å². The fourth-order valence-corrected chi connectivity index (χ4v) is 4.48. The van der Waals surface area contributed by atoms with Crippen molar-refractivity contribution in [2.45, 2.75) is 33.1 Å². The van der Waals surface area contributed by atoms with Crippen LogP contribution in [0.25, 0.3) is 0 Å². The zero-order valence-corrected chi connectivity index (χ0v) is 16.3. The average molecular weight is 389 g/mol. The minimum atomic E-state index is -0.910. The molecule has 1 amide bonds. The predicted molar refractivity (Wildman–Crippen MR) is 105 cm³/mol. The summed E-state index contributed by atoms with van der Waals surface area (Å²) in [4.78, 5) is 38.9. The minimum absolute atomic E-state index is 0.0704. The number of piperidine rings is 2. The van der Waals surface area contributed by atoms with Crippen LogP contribution in [-0.2, 0) is 4.79 Å². The summed E-state index contributed by atoms with van der Waals surface area (Å²) in [6.45, 7) is 6.41. The number of amides is 1. The molecule has 2 aliphatic rings. The second-order valence-corrected chi connectivity index (χ2v) is 8.24. The van der Waals surface area contributed by atoms with E-state index in [4.69, 9.17) is 0 Å². The summed E-state index contributed by atoms with van der Waals surface area (Å²) in [6, 6.07) is 4.62. The first-order valence-corrected chi connectivity index (χ1v) is 9.81. The maximum absolute atomic E-state index is 12.8. The van der Waals surface area contributed by atoms with Gasteiger partial charge in [0, 0.05) is 37.8 Å². The minimum Gasteiger partial charge on any atom is -0.481 e. The Bertz CT molecular complexity index is 771. The van der Waals surface area contributed by atoms with Gasteiger partial charge < -0.3 is 14.9 Å². The summed E-state index contributed by atoms with van der Waals surface area (Å²) in [7, 11) is 0. The Balaban J connectivity index is 1.85. The van der Waals surface area contributed by atoms with Crippen molar-refractivity contribution in [2.75, 3.05) is 31.1 Å². The number of aliphatic carboxylic acids is 1. The van der Waals surface area contributed by atoms with Gasteiger partial charge in [0.15, 0.2) is 0 Å². The fraction of sp³-hybridized carbons (Fsp3) is 0.600. The molecule has 8 heteroatoms. The van der Waals surface area contributed by atoms with E-state index in [0.29, 0.717) is 36.9 Å². The summed E-state index contributed by atoms with van der Waals surface area (Å²) in [5.74, 6) is -0.937. The second-order valence-electron chi connectivity index (χ2n) is 8.24. The number of nitrogens with zero attached hydrogens (tertiary/aromatic N) is 3. The lowest BCUT2D eigenvalue weighted by Crippen LogP contribution is -2.42. The number of hydrogen-bond acceptors (Lipinski definition) is 5. The number of anilines is 1. The van der Waals surface area contributed by atoms with Crippen molar-refractivity contribution in [3.63, 3.8) is 0 Å². The Morgan fingerprint density at radius 1 is 1.18 bits per heavy atom. The van der Waals surface area contributed by atoms with E-state index >= 15 is 0 Å². The first kappa shape index (κ1) is 20.1. The van der Waals surface area contributed by atoms with E-state index in [-0.39, 0.29) is 23.7 Å². The molecule has 0 spiro atoms. The molecule has 28 heavy (non-hydrogen) atoms. The number of carbonyl (C=O) groups is 2. The maximum atomic E-state index is 12.8. The van der Waals surface area contributed by atoms with Gasteiger partial charge in [-0.05, 0) is 43.2 Å². The molecule has 0 aromatic heterocycles. The molecule has 2 aliphatic heterocycles. The van der Waals surface area contributed by atoms with Crippen molar-refractivity contribution < 1.29 is 19.6 Å². The molecule has 2 unspecified atom stereocenters. The van der Waals surface area contributed by atoms with Crippen LogP contribution in [0, 0.1) is 27.9 Å². The van der Waals surface area contributed by atoms with Crippen molar-refractivity contribution in [1.82, 2.24) is 4.90 Å². The van der Waals surface area contributed by atoms with Gasteiger partial charge >= 0.3 is 5.97 Å². The Morgan fingerprint density at radius 3 is 2.46 bits per heavy atom. The van der Waals surface area contributed by atoms with Crippen molar-refractivity contribution >= 4 is 23.3 Å². The van der Waals surface area contributed by atoms with Crippen molar-refractivity contribution in [3.8, 4) is 0 Å². The normalized spacial score (nSPS) is 25.4. The quantitative estimate of drug-likeness (QED) is 0.627. The van der Waals surface area contributed by atoms with E-state index in [1.165, 1.54) is 11.0 Å². The molecule has 1 aromatic rings. The van der Waals surface area contributed by atoms with Gasteiger partial charge in [-0.1, -0.05) is 13.8 Å². The zero-order valence-electron chi connectivity index (χ0n) is 16.3. The highest BCUT2D eigenvalue weighted by molar-refractivity contribution is 5.96. The molecule has 152 valence electrons. The number of benzene rings is 1. The smallest absolute Gasteiger partial charge is 0.308 e. The van der Waals surface area contributed by atoms with E-state index in [1.54, 1.807) is 12.1 Å². The SMILES string of the molecule is CC1CC(C)CN(c2ccc(C(=O)N3CCC[C@H](C(=O)O)C3)cc2[N+](=O)[O-])C1. The molecule has 0 saturated carbocycles. The van der Waals surface area contributed by atoms with Gasteiger partial charge in [-0.25, -0.2) is 0 Å². The molecule has 3 atom stereocenters. The molecule has 2 saturated heterocycles. The lowest BCUT2D eigenvalue weighted by Gasteiger charge is -2.36. The van der Waals surface area contributed by atoms with Gasteiger partial charge in [0.2, 0.25) is 0 Å². The third-order valence-electron chi connectivity index (χ3n) is 5.69. The van der Waals surface area contributed by atoms with Gasteiger partial charge in [-0.15, -0.1) is 0 Å². The van der Waals surface area contributed by atoms with Crippen LogP contribution in [-0.4, -0.2) is 53.0 Å².